The first-order valence-corrected chi connectivity index (χ1v) is 45.6. The molecule has 0 spiro atoms. The van der Waals surface area contributed by atoms with Gasteiger partial charge in [0.25, 0.3) is 0 Å². The number of H-pyrrole nitrogens is 1. The number of fused-ring (bicyclic) bond motifs is 5. The molecule has 20 N–H and O–H groups in total. The first kappa shape index (κ1) is 103. The molecule has 0 saturated carbocycles. The largest absolute Gasteiger partial charge is 0.481 e. The Bertz CT molecular complexity index is 4930. The van der Waals surface area contributed by atoms with Crippen LogP contribution in [0.1, 0.15) is 173 Å². The van der Waals surface area contributed by atoms with Gasteiger partial charge in [0.15, 0.2) is 5.78 Å². The number of aromatic nitrogens is 2. The molecule has 2 aromatic heterocycles. The summed E-state index contributed by atoms with van der Waals surface area (Å²) in [6.07, 6.45) is 0.675. The lowest BCUT2D eigenvalue weighted by molar-refractivity contribution is -0.149. The van der Waals surface area contributed by atoms with Gasteiger partial charge in [0, 0.05) is 124 Å². The average molecular weight is 1840 g/mol. The molecule has 9 rings (SSSR count). The molecular weight excluding hydrogens is 1710 g/mol. The monoisotopic (exact) mass is 1840 g/mol. The topological polar surface area (TPSA) is 588 Å². The summed E-state index contributed by atoms with van der Waals surface area (Å²) in [6.45, 7) is 5.28. The number of piperidine rings is 1. The Kier molecular flexibility index (Phi) is 38.3. The van der Waals surface area contributed by atoms with Gasteiger partial charge in [0.1, 0.15) is 73.0 Å². The number of Topliss-reactive ketones (excluding diaryl/α,β-unsaturated/α-hetero) is 1. The van der Waals surface area contributed by atoms with Crippen molar-refractivity contribution < 1.29 is 96.8 Å². The minimum atomic E-state index is -1.80. The number of para-hydroxylation sites is 2. The van der Waals surface area contributed by atoms with Crippen LogP contribution in [0.25, 0.3) is 21.8 Å². The number of unbranched alkanes of at least 4 members (excludes halogenated alkanes) is 2. The summed E-state index contributed by atoms with van der Waals surface area (Å²) in [5.74, 6) is -17.2. The maximum Gasteiger partial charge on any atom is 0.323 e. The molecule has 0 bridgehead atoms. The molecule has 0 unspecified atom stereocenters. The summed E-state index contributed by atoms with van der Waals surface area (Å²) in [5, 5.41) is 54.8. The van der Waals surface area contributed by atoms with Crippen LogP contribution in [0.4, 0.5) is 0 Å². The number of carbonyl (C=O) groups excluding carboxylic acids is 15. The van der Waals surface area contributed by atoms with Gasteiger partial charge in [-0.15, -0.1) is 0 Å². The Labute approximate surface area is 765 Å². The van der Waals surface area contributed by atoms with E-state index in [-0.39, 0.29) is 109 Å². The van der Waals surface area contributed by atoms with E-state index in [0.29, 0.717) is 82.0 Å². The minimum Gasteiger partial charge on any atom is -0.481 e. The summed E-state index contributed by atoms with van der Waals surface area (Å²) in [6, 6.07) is 1.14. The van der Waals surface area contributed by atoms with Crippen molar-refractivity contribution in [2.75, 3.05) is 53.4 Å². The third kappa shape index (κ3) is 27.8. The van der Waals surface area contributed by atoms with Gasteiger partial charge in [-0.05, 0) is 137 Å². The first-order chi connectivity index (χ1) is 62.4. The van der Waals surface area contributed by atoms with E-state index < -0.39 is 243 Å². The normalized spacial score (nSPS) is 25.8. The molecule has 40 heteroatoms. The molecule has 4 saturated heterocycles. The highest BCUT2D eigenvalue weighted by atomic mass is 35.5. The highest BCUT2D eigenvalue weighted by Crippen LogP contribution is 2.31. The predicted molar refractivity (Wildman–Crippen MR) is 483 cm³/mol. The Morgan fingerprint density at radius 3 is 1.76 bits per heavy atom. The number of amides is 14. The molecule has 6 heterocycles. The third-order valence-corrected chi connectivity index (χ3v) is 25.0. The number of likely N-dealkylation sites (N-methyl/N-ethyl adjacent to an activating group) is 2. The standard InChI is InChI=1S/C91H128ClN19O20/c1-7-9-23-70-84(124)101-64(39-51(3)4)81(121)97-36-17-21-60(95)80(120)102-65(40-52-28-30-56(92)31-29-52)89(129)109-37-16-15-26-71(109)85(125)104-67(45-76(96)114)90(130)110-38-18-27-72(110)86(126)105-68(46-94)83(123)100-63(32-33-77(115)116)88(128)111-49-57(112)44-74(111)75(113)43-53(41-54-47-98-61-22-13-11-19-58(54)61)79(119)99-62(34-35-93)82(122)103-66(87(127)107(6)73(24-10-8-2)91(131)106(70)5)42-55-48-108(50-78(117)118)69-25-14-12-20-59(55)69/h11-14,19-20,22,25,28-31,47-48,51,53,57,60,62-68,70-74,98,112H,7-10,15-18,21,23-24,26-27,32-46,49-50,93-95H2,1-6H3,(H2,96,114)(H,97,121)(H,99,119)(H,100,123)(H,101,124)(H,102,120)(H,103,122)(H,104,125)(H,105,126)(H,115,116)(H,117,118)/t53-,57-,60+,62+,63+,64+,65+,66+,67+,68+,70+,71+,72+,73+,74+/m1/s1. The van der Waals surface area contributed by atoms with Crippen molar-refractivity contribution in [3.8, 4) is 0 Å². The Morgan fingerprint density at radius 1 is 0.534 bits per heavy atom. The molecule has 15 atom stereocenters. The molecule has 14 amide bonds. The van der Waals surface area contributed by atoms with Crippen LogP contribution in [0.5, 0.6) is 0 Å². The third-order valence-electron chi connectivity index (χ3n) is 24.8. The number of hydrogen-bond acceptors (Lipinski definition) is 21. The predicted octanol–water partition coefficient (Wildman–Crippen LogP) is 0.557. The van der Waals surface area contributed by atoms with Crippen LogP contribution in [-0.2, 0) is 107 Å². The molecule has 5 aromatic rings. The number of aromatic amines is 1. The van der Waals surface area contributed by atoms with E-state index in [1.807, 2.05) is 27.7 Å². The number of nitrogens with two attached hydrogens (primary N) is 4. The van der Waals surface area contributed by atoms with Crippen LogP contribution in [0.3, 0.4) is 0 Å². The Hall–Kier alpha value is -11.9. The Balaban J connectivity index is 1.09. The van der Waals surface area contributed by atoms with Crippen LogP contribution >= 0.6 is 11.6 Å². The fourth-order valence-electron chi connectivity index (χ4n) is 17.7. The summed E-state index contributed by atoms with van der Waals surface area (Å²) >= 11 is 6.27. The number of carbonyl (C=O) groups is 17. The lowest BCUT2D eigenvalue weighted by Gasteiger charge is -2.38. The van der Waals surface area contributed by atoms with Gasteiger partial charge in [0.05, 0.1) is 24.6 Å². The lowest BCUT2D eigenvalue weighted by Crippen LogP contribution is -2.62. The van der Waals surface area contributed by atoms with E-state index in [1.165, 1.54) is 39.6 Å². The second kappa shape index (κ2) is 48.8. The lowest BCUT2D eigenvalue weighted by atomic mass is 9.90. The number of carboxylic acid groups (broad SMARTS) is 2. The molecule has 4 aliphatic heterocycles. The molecule has 3 aromatic carbocycles. The van der Waals surface area contributed by atoms with E-state index in [1.54, 1.807) is 79.0 Å². The second-order valence-corrected chi connectivity index (χ2v) is 35.5. The second-order valence-electron chi connectivity index (χ2n) is 35.0. The quantitative estimate of drug-likeness (QED) is 0.0401. The highest BCUT2D eigenvalue weighted by Gasteiger charge is 2.47. The van der Waals surface area contributed by atoms with Crippen molar-refractivity contribution in [3.05, 3.63) is 107 Å². The Morgan fingerprint density at radius 2 is 1.11 bits per heavy atom. The zero-order valence-corrected chi connectivity index (χ0v) is 75.9. The number of halogens is 1. The SMILES string of the molecule is CCCC[C@H]1C(=O)N(C)[C@@H](CCCC)C(=O)N[C@@H](CC(C)C)C(=O)NCCC[C@H](N)C(=O)N[C@@H](Cc2ccc(Cl)cc2)C(=O)N2CCCC[C@H]2C(=O)N[C@@H](CC(N)=O)C(=O)N2CCC[C@H]2C(=O)N[C@@H](CN)C(=O)N[C@@H](CCC(=O)O)C(=O)N2C[C@H](O)C[C@H]2C(=O)C[C@@H](Cc2c[nH]c3ccccc23)C(=O)N[C@@H](CCN)C(=O)N[C@@H](Cc2cn(CC(=O)O)c3ccccc23)C(=O)N1C. The van der Waals surface area contributed by atoms with Crippen molar-refractivity contribution in [2.24, 2.45) is 34.8 Å². The molecule has 39 nitrogen and oxygen atoms in total. The number of hydrogen-bond donors (Lipinski definition) is 16. The van der Waals surface area contributed by atoms with Crippen molar-refractivity contribution >= 4 is 134 Å². The number of aliphatic hydroxyl groups is 1. The molecule has 4 aliphatic rings. The van der Waals surface area contributed by atoms with Crippen LogP contribution in [0.2, 0.25) is 5.02 Å². The van der Waals surface area contributed by atoms with Gasteiger partial charge in [0.2, 0.25) is 82.7 Å². The fraction of sp³-hybridized carbons (Fsp3) is 0.571. The van der Waals surface area contributed by atoms with Gasteiger partial charge >= 0.3 is 11.9 Å². The van der Waals surface area contributed by atoms with Crippen molar-refractivity contribution in [1.82, 2.24) is 76.6 Å². The van der Waals surface area contributed by atoms with Gasteiger partial charge in [-0.1, -0.05) is 114 Å². The number of carboxylic acids is 2. The van der Waals surface area contributed by atoms with Crippen molar-refractivity contribution in [1.29, 1.82) is 0 Å². The van der Waals surface area contributed by atoms with Crippen molar-refractivity contribution in [2.45, 2.75) is 267 Å². The average Bonchev–Trinajstić information content (AvgIpc) is 1.66. The van der Waals surface area contributed by atoms with E-state index in [4.69, 9.17) is 34.5 Å². The number of aliphatic hydroxyl groups excluding tert-OH is 1. The molecule has 714 valence electrons. The molecule has 4 fully saturated rings. The maximum absolute atomic E-state index is 15.9. The van der Waals surface area contributed by atoms with Gasteiger partial charge in [-0.2, -0.15) is 0 Å². The van der Waals surface area contributed by atoms with E-state index in [2.05, 4.69) is 47.5 Å². The van der Waals surface area contributed by atoms with Crippen molar-refractivity contribution in [3.63, 3.8) is 0 Å². The number of rotatable bonds is 24. The molecular formula is C91H128ClN19O20. The number of primary amides is 1. The fourth-order valence-corrected chi connectivity index (χ4v) is 17.9. The summed E-state index contributed by atoms with van der Waals surface area (Å²) < 4.78 is 1.46. The van der Waals surface area contributed by atoms with E-state index in [9.17, 15) is 58.5 Å². The minimum absolute atomic E-state index is 0.0117. The van der Waals surface area contributed by atoms with Crippen LogP contribution in [-0.4, -0.2) is 288 Å². The number of aliphatic carboxylic acids is 2. The van der Waals surface area contributed by atoms with Gasteiger partial charge in [-0.3, -0.25) is 81.5 Å². The van der Waals surface area contributed by atoms with Gasteiger partial charge < -0.3 is 115 Å². The van der Waals surface area contributed by atoms with Crippen LogP contribution < -0.4 is 65.5 Å². The molecule has 0 radical (unpaired) electrons. The molecule has 0 aliphatic carbocycles. The smallest absolute Gasteiger partial charge is 0.323 e. The van der Waals surface area contributed by atoms with Crippen LogP contribution in [0, 0.1) is 11.8 Å². The number of nitrogens with one attached hydrogen (secondary N) is 9. The highest BCUT2D eigenvalue weighted by molar-refractivity contribution is 6.30. The summed E-state index contributed by atoms with van der Waals surface area (Å²) in [4.78, 5) is 257. The maximum atomic E-state index is 15.9. The molecule has 131 heavy (non-hydrogen) atoms. The van der Waals surface area contributed by atoms with Crippen LogP contribution in [0.15, 0.2) is 85.2 Å². The number of nitrogens with zero attached hydrogens (tertiary/aromatic N) is 6. The number of benzene rings is 3. The first-order valence-electron chi connectivity index (χ1n) is 45.3. The van der Waals surface area contributed by atoms with E-state index in [0.717, 1.165) is 9.80 Å². The zero-order chi connectivity index (χ0) is 95.6. The number of ketones is 1. The summed E-state index contributed by atoms with van der Waals surface area (Å²) in [5.41, 5.74) is 27.3. The van der Waals surface area contributed by atoms with E-state index >= 15 is 38.4 Å². The van der Waals surface area contributed by atoms with Gasteiger partial charge in [-0.25, -0.2) is 0 Å². The zero-order valence-electron chi connectivity index (χ0n) is 75.2. The summed E-state index contributed by atoms with van der Waals surface area (Å²) in [7, 11) is 2.79.